The molecule has 0 aliphatic heterocycles. The van der Waals surface area contributed by atoms with E-state index in [1.54, 1.807) is 28.6 Å². The van der Waals surface area contributed by atoms with Crippen LogP contribution in [0.4, 0.5) is 0 Å². The van der Waals surface area contributed by atoms with Gasteiger partial charge >= 0.3 is 5.69 Å². The third-order valence-electron chi connectivity index (χ3n) is 4.89. The minimum absolute atomic E-state index is 0. The summed E-state index contributed by atoms with van der Waals surface area (Å²) in [7, 11) is 1.60. The molecule has 0 fully saturated rings. The summed E-state index contributed by atoms with van der Waals surface area (Å²) in [6.07, 6.45) is 3.57. The Labute approximate surface area is 176 Å². The van der Waals surface area contributed by atoms with Crippen molar-refractivity contribution in [1.29, 1.82) is 0 Å². The van der Waals surface area contributed by atoms with Crippen molar-refractivity contribution < 1.29 is 4.74 Å². The maximum absolute atomic E-state index is 12.9. The van der Waals surface area contributed by atoms with Crippen molar-refractivity contribution in [3.8, 4) is 28.1 Å². The van der Waals surface area contributed by atoms with E-state index in [1.165, 1.54) is 5.56 Å². The van der Waals surface area contributed by atoms with Crippen LogP contribution in [0.5, 0.6) is 5.88 Å². The molecule has 0 saturated carbocycles. The van der Waals surface area contributed by atoms with E-state index in [0.29, 0.717) is 24.0 Å². The predicted molar refractivity (Wildman–Crippen MR) is 121 cm³/mol. The molecule has 0 atom stereocenters. The maximum Gasteiger partial charge on any atom is 0.350 e. The number of ether oxygens (including phenoxy) is 1. The first-order valence-corrected chi connectivity index (χ1v) is 9.67. The van der Waals surface area contributed by atoms with E-state index in [4.69, 9.17) is 9.84 Å². The Balaban J connectivity index is 0.00000256. The number of methoxy groups -OCH3 is 1. The standard InChI is InChI=1S/C23H24N4O2.CH4/c1-15(2)14-27-23(28)26-12-11-19(18-9-10-20(29-4)24-13-18)21(22(26)25-27)17-7-5-16(3)6-8-17;/h5-13,15H,14H2,1-4H3;1H4. The molecular weight excluding hydrogens is 376 g/mol. The fraction of sp³-hybridized carbons (Fsp3) is 0.292. The Kier molecular flexibility index (Phi) is 6.06. The molecule has 0 bridgehead atoms. The number of nitrogens with zero attached hydrogens (tertiary/aromatic N) is 4. The summed E-state index contributed by atoms with van der Waals surface area (Å²) in [5.41, 5.74) is 5.53. The van der Waals surface area contributed by atoms with Crippen molar-refractivity contribution >= 4 is 5.65 Å². The van der Waals surface area contributed by atoms with Gasteiger partial charge in [0.1, 0.15) is 0 Å². The van der Waals surface area contributed by atoms with Gasteiger partial charge in [-0.25, -0.2) is 18.9 Å². The van der Waals surface area contributed by atoms with E-state index in [0.717, 1.165) is 22.3 Å². The number of hydrogen-bond donors (Lipinski definition) is 0. The molecule has 4 rings (SSSR count). The molecule has 6 heteroatoms. The van der Waals surface area contributed by atoms with E-state index in [1.807, 2.05) is 18.2 Å². The number of rotatable bonds is 5. The van der Waals surface area contributed by atoms with Crippen LogP contribution in [0, 0.1) is 12.8 Å². The summed E-state index contributed by atoms with van der Waals surface area (Å²) in [6, 6.07) is 14.0. The Hall–Kier alpha value is -3.41. The zero-order chi connectivity index (χ0) is 20.5. The number of hydrogen-bond acceptors (Lipinski definition) is 4. The molecule has 3 aromatic heterocycles. The average Bonchev–Trinajstić information content (AvgIpc) is 3.03. The Morgan fingerprint density at radius 3 is 2.33 bits per heavy atom. The van der Waals surface area contributed by atoms with Gasteiger partial charge in [-0.15, -0.1) is 5.10 Å². The first kappa shape index (κ1) is 21.3. The van der Waals surface area contributed by atoms with E-state index in [2.05, 4.69) is 50.0 Å². The summed E-state index contributed by atoms with van der Waals surface area (Å²) < 4.78 is 8.36. The SMILES string of the molecule is C.COc1ccc(-c2ccn3c(=O)n(CC(C)C)nc3c2-c2ccc(C)cc2)cn1. The van der Waals surface area contributed by atoms with Gasteiger partial charge < -0.3 is 4.74 Å². The summed E-state index contributed by atoms with van der Waals surface area (Å²) in [5.74, 6) is 0.884. The van der Waals surface area contributed by atoms with Gasteiger partial charge in [-0.3, -0.25) is 0 Å². The van der Waals surface area contributed by atoms with Gasteiger partial charge in [-0.05, 0) is 36.1 Å². The summed E-state index contributed by atoms with van der Waals surface area (Å²) >= 11 is 0. The van der Waals surface area contributed by atoms with Crippen LogP contribution in [-0.2, 0) is 6.54 Å². The van der Waals surface area contributed by atoms with Gasteiger partial charge in [0.15, 0.2) is 5.65 Å². The van der Waals surface area contributed by atoms with Gasteiger partial charge in [0.05, 0.1) is 7.11 Å². The smallest absolute Gasteiger partial charge is 0.350 e. The second-order valence-electron chi connectivity index (χ2n) is 7.61. The van der Waals surface area contributed by atoms with Crippen molar-refractivity contribution in [2.45, 2.75) is 34.7 Å². The van der Waals surface area contributed by atoms with Crippen LogP contribution in [0.15, 0.2) is 59.7 Å². The molecule has 0 aliphatic carbocycles. The van der Waals surface area contributed by atoms with Crippen LogP contribution in [0.25, 0.3) is 27.9 Å². The summed E-state index contributed by atoms with van der Waals surface area (Å²) in [5, 5.41) is 4.69. The van der Waals surface area contributed by atoms with Gasteiger partial charge in [0.25, 0.3) is 0 Å². The minimum atomic E-state index is -0.124. The predicted octanol–water partition coefficient (Wildman–Crippen LogP) is 4.83. The summed E-state index contributed by atoms with van der Waals surface area (Å²) in [4.78, 5) is 17.2. The lowest BCUT2D eigenvalue weighted by Crippen LogP contribution is -2.23. The van der Waals surface area contributed by atoms with E-state index >= 15 is 0 Å². The zero-order valence-corrected chi connectivity index (χ0v) is 17.1. The Morgan fingerprint density at radius 2 is 1.73 bits per heavy atom. The van der Waals surface area contributed by atoms with Crippen molar-refractivity contribution in [3.63, 3.8) is 0 Å². The fourth-order valence-corrected chi connectivity index (χ4v) is 3.45. The highest BCUT2D eigenvalue weighted by molar-refractivity contribution is 5.91. The number of benzene rings is 1. The largest absolute Gasteiger partial charge is 0.481 e. The lowest BCUT2D eigenvalue weighted by molar-refractivity contribution is 0.398. The first-order valence-electron chi connectivity index (χ1n) is 9.67. The average molecular weight is 405 g/mol. The molecule has 156 valence electrons. The zero-order valence-electron chi connectivity index (χ0n) is 17.1. The Bertz CT molecular complexity index is 1200. The van der Waals surface area contributed by atoms with E-state index in [-0.39, 0.29) is 13.1 Å². The second-order valence-corrected chi connectivity index (χ2v) is 7.61. The summed E-state index contributed by atoms with van der Waals surface area (Å²) in [6.45, 7) is 6.78. The van der Waals surface area contributed by atoms with Crippen LogP contribution >= 0.6 is 0 Å². The number of aromatic nitrogens is 4. The van der Waals surface area contributed by atoms with Crippen LogP contribution in [-0.4, -0.2) is 26.3 Å². The normalized spacial score (nSPS) is 11.0. The topological polar surface area (TPSA) is 61.4 Å². The highest BCUT2D eigenvalue weighted by Crippen LogP contribution is 2.34. The Morgan fingerprint density at radius 1 is 1.03 bits per heavy atom. The van der Waals surface area contributed by atoms with E-state index < -0.39 is 0 Å². The molecule has 30 heavy (non-hydrogen) atoms. The van der Waals surface area contributed by atoms with Crippen LogP contribution in [0.1, 0.15) is 26.8 Å². The van der Waals surface area contributed by atoms with Crippen molar-refractivity contribution in [1.82, 2.24) is 19.2 Å². The van der Waals surface area contributed by atoms with Gasteiger partial charge in [-0.1, -0.05) is 51.1 Å². The molecule has 0 aliphatic rings. The first-order chi connectivity index (χ1) is 14.0. The lowest BCUT2D eigenvalue weighted by atomic mass is 9.96. The molecule has 0 unspecified atom stereocenters. The monoisotopic (exact) mass is 404 g/mol. The third kappa shape index (κ3) is 3.85. The van der Waals surface area contributed by atoms with Crippen molar-refractivity contribution in [2.24, 2.45) is 5.92 Å². The van der Waals surface area contributed by atoms with Crippen LogP contribution < -0.4 is 10.4 Å². The molecule has 3 heterocycles. The van der Waals surface area contributed by atoms with Crippen molar-refractivity contribution in [3.05, 3.63) is 70.9 Å². The molecule has 4 aromatic rings. The molecule has 0 spiro atoms. The van der Waals surface area contributed by atoms with Crippen molar-refractivity contribution in [2.75, 3.05) is 7.11 Å². The number of fused-ring (bicyclic) bond motifs is 1. The molecule has 1 aromatic carbocycles. The molecule has 0 N–H and O–H groups in total. The van der Waals surface area contributed by atoms with Gasteiger partial charge in [-0.2, -0.15) is 0 Å². The highest BCUT2D eigenvalue weighted by atomic mass is 16.5. The van der Waals surface area contributed by atoms with E-state index in [9.17, 15) is 4.79 Å². The molecular formula is C24H28N4O2. The van der Waals surface area contributed by atoms with Crippen LogP contribution in [0.2, 0.25) is 0 Å². The molecule has 6 nitrogen and oxygen atoms in total. The lowest BCUT2D eigenvalue weighted by Gasteiger charge is -2.12. The minimum Gasteiger partial charge on any atom is -0.481 e. The third-order valence-corrected chi connectivity index (χ3v) is 4.89. The maximum atomic E-state index is 12.9. The number of pyridine rings is 2. The fourth-order valence-electron chi connectivity index (χ4n) is 3.45. The number of aryl methyl sites for hydroxylation is 1. The molecule has 0 amide bonds. The molecule has 0 saturated heterocycles. The quantitative estimate of drug-likeness (QED) is 0.478. The second kappa shape index (κ2) is 8.53. The van der Waals surface area contributed by atoms with Gasteiger partial charge in [0, 0.05) is 36.1 Å². The molecule has 0 radical (unpaired) electrons. The highest BCUT2D eigenvalue weighted by Gasteiger charge is 2.18. The van der Waals surface area contributed by atoms with Crippen LogP contribution in [0.3, 0.4) is 0 Å². The van der Waals surface area contributed by atoms with Gasteiger partial charge in [0.2, 0.25) is 5.88 Å².